The van der Waals surface area contributed by atoms with Crippen LogP contribution in [0.25, 0.3) is 0 Å². The molecule has 1 N–H and O–H groups in total. The molecule has 0 saturated heterocycles. The molecule has 0 aliphatic carbocycles. The fourth-order valence-corrected chi connectivity index (χ4v) is 1.56. The first-order valence-corrected chi connectivity index (χ1v) is 4.78. The molecule has 0 atom stereocenters. The maximum absolute atomic E-state index is 10.9. The minimum Gasteiger partial charge on any atom is -0.480 e. The molecular weight excluding hydrogens is 231 g/mol. The normalized spacial score (nSPS) is 11.1. The van der Waals surface area contributed by atoms with Gasteiger partial charge in [0.25, 0.3) is 0 Å². The third-order valence-corrected chi connectivity index (χ3v) is 2.59. The van der Waals surface area contributed by atoms with Crippen molar-refractivity contribution in [2.24, 2.45) is 5.41 Å². The lowest BCUT2D eigenvalue weighted by Crippen LogP contribution is -2.42. The molecule has 14 heavy (non-hydrogen) atoms. The Morgan fingerprint density at radius 2 is 1.64 bits per heavy atom. The van der Waals surface area contributed by atoms with Gasteiger partial charge in [-0.05, 0) is 29.6 Å². The second kappa shape index (κ2) is 5.32. The summed E-state index contributed by atoms with van der Waals surface area (Å²) in [6.07, 6.45) is 0.871. The second-order valence-corrected chi connectivity index (χ2v) is 3.55. The molecule has 0 amide bonds. The highest BCUT2D eigenvalue weighted by Gasteiger charge is 2.51. The Morgan fingerprint density at radius 1 is 1.21 bits per heavy atom. The molecule has 4 nitrogen and oxygen atoms in total. The summed E-state index contributed by atoms with van der Waals surface area (Å²) in [7, 11) is 0. The van der Waals surface area contributed by atoms with Gasteiger partial charge in [0, 0.05) is 0 Å². The first-order valence-electron chi connectivity index (χ1n) is 4.02. The van der Waals surface area contributed by atoms with Gasteiger partial charge in [-0.1, -0.05) is 19.8 Å². The van der Waals surface area contributed by atoms with E-state index in [1.54, 1.807) is 6.92 Å². The Kier molecular flexibility index (Phi) is 5.08. The van der Waals surface area contributed by atoms with E-state index >= 15 is 0 Å². The van der Waals surface area contributed by atoms with E-state index in [0.717, 1.165) is 0 Å². The quantitative estimate of drug-likeness (QED) is 0.568. The zero-order valence-corrected chi connectivity index (χ0v) is 9.06. The number of carboxylic acid groups (broad SMARTS) is 1. The minimum atomic E-state index is -2.28. The summed E-state index contributed by atoms with van der Waals surface area (Å²) >= 11 is 10.2. The first-order chi connectivity index (χ1) is 6.39. The average Bonchev–Trinajstić information content (AvgIpc) is 2.03. The lowest BCUT2D eigenvalue weighted by Gasteiger charge is -2.20. The van der Waals surface area contributed by atoms with Crippen LogP contribution in [0.4, 0.5) is 0 Å². The predicted octanol–water partition coefficient (Wildman–Crippen LogP) is 1.78. The second-order valence-electron chi connectivity index (χ2n) is 2.86. The number of rotatable bonds is 6. The van der Waals surface area contributed by atoms with Crippen molar-refractivity contribution in [1.29, 1.82) is 0 Å². The molecule has 0 radical (unpaired) electrons. The number of hydrogen-bond acceptors (Lipinski definition) is 3. The number of carboxylic acids is 1. The smallest absolute Gasteiger partial charge is 0.327 e. The number of unbranched alkanes of at least 4 members (excludes halogenated alkanes) is 1. The van der Waals surface area contributed by atoms with Gasteiger partial charge in [0.15, 0.2) is 0 Å². The van der Waals surface area contributed by atoms with Crippen LogP contribution in [-0.4, -0.2) is 21.6 Å². The van der Waals surface area contributed by atoms with Crippen molar-refractivity contribution in [3.8, 4) is 0 Å². The lowest BCUT2D eigenvalue weighted by atomic mass is 9.85. The van der Waals surface area contributed by atoms with Gasteiger partial charge in [-0.2, -0.15) is 0 Å². The molecule has 0 unspecified atom stereocenters. The average molecular weight is 241 g/mol. The fourth-order valence-electron chi connectivity index (χ4n) is 0.991. The van der Waals surface area contributed by atoms with Crippen LogP contribution in [0.3, 0.4) is 0 Å². The molecule has 0 bridgehead atoms. The first kappa shape index (κ1) is 13.4. The van der Waals surface area contributed by atoms with E-state index in [4.69, 9.17) is 28.3 Å². The Bertz CT molecular complexity index is 226. The third kappa shape index (κ3) is 2.45. The number of halogens is 2. The highest BCUT2D eigenvalue weighted by atomic mass is 35.5. The molecule has 0 rings (SSSR count). The van der Waals surface area contributed by atoms with E-state index in [0.29, 0.717) is 12.8 Å². The number of carbonyl (C=O) groups is 3. The Morgan fingerprint density at radius 3 is 1.86 bits per heavy atom. The SMILES string of the molecule is CCCCC(C(=O)O)(C(=O)Cl)C(=O)Cl. The van der Waals surface area contributed by atoms with Crippen molar-refractivity contribution in [3.05, 3.63) is 0 Å². The standard InChI is InChI=1S/C8H10Cl2O4/c1-2-3-4-8(5(9)11,6(10)12)7(13)14/h2-4H2,1H3,(H,13,14). The van der Waals surface area contributed by atoms with E-state index in [-0.39, 0.29) is 6.42 Å². The van der Waals surface area contributed by atoms with Crippen molar-refractivity contribution in [3.63, 3.8) is 0 Å². The summed E-state index contributed by atoms with van der Waals surface area (Å²) in [5.41, 5.74) is -2.28. The van der Waals surface area contributed by atoms with Crippen molar-refractivity contribution >= 4 is 39.7 Å². The van der Waals surface area contributed by atoms with Gasteiger partial charge in [0.2, 0.25) is 15.9 Å². The molecule has 0 aliphatic rings. The van der Waals surface area contributed by atoms with Crippen LogP contribution >= 0.6 is 23.2 Å². The summed E-state index contributed by atoms with van der Waals surface area (Å²) < 4.78 is 0. The molecule has 6 heteroatoms. The zero-order chi connectivity index (χ0) is 11.4. The Hall–Kier alpha value is -0.610. The molecular formula is C8H10Cl2O4. The Balaban J connectivity index is 5.06. The number of hydrogen-bond donors (Lipinski definition) is 1. The summed E-state index contributed by atoms with van der Waals surface area (Å²) in [5.74, 6) is -1.59. The molecule has 80 valence electrons. The minimum absolute atomic E-state index is 0.163. The van der Waals surface area contributed by atoms with E-state index in [9.17, 15) is 14.4 Å². The molecule has 0 aliphatic heterocycles. The van der Waals surface area contributed by atoms with Crippen LogP contribution in [0, 0.1) is 5.41 Å². The van der Waals surface area contributed by atoms with Gasteiger partial charge >= 0.3 is 5.97 Å². The zero-order valence-electron chi connectivity index (χ0n) is 7.55. The molecule has 0 saturated carbocycles. The van der Waals surface area contributed by atoms with Gasteiger partial charge in [-0.25, -0.2) is 0 Å². The summed E-state index contributed by atoms with van der Waals surface area (Å²) in [6.45, 7) is 1.80. The predicted molar refractivity (Wildman–Crippen MR) is 51.3 cm³/mol. The molecule has 0 heterocycles. The highest BCUT2D eigenvalue weighted by molar-refractivity contribution is 6.77. The van der Waals surface area contributed by atoms with E-state index in [2.05, 4.69) is 0 Å². The lowest BCUT2D eigenvalue weighted by molar-refractivity contribution is -0.155. The van der Waals surface area contributed by atoms with Crippen LogP contribution in [0.5, 0.6) is 0 Å². The van der Waals surface area contributed by atoms with Gasteiger partial charge in [-0.3, -0.25) is 14.4 Å². The van der Waals surface area contributed by atoms with Crippen LogP contribution in [0.15, 0.2) is 0 Å². The summed E-state index contributed by atoms with van der Waals surface area (Å²) in [5, 5.41) is 6.31. The third-order valence-electron chi connectivity index (χ3n) is 1.94. The van der Waals surface area contributed by atoms with Crippen molar-refractivity contribution in [2.45, 2.75) is 26.2 Å². The molecule has 0 aromatic carbocycles. The van der Waals surface area contributed by atoms with Crippen LogP contribution in [0.2, 0.25) is 0 Å². The van der Waals surface area contributed by atoms with Crippen LogP contribution in [-0.2, 0) is 14.4 Å². The van der Waals surface area contributed by atoms with Crippen LogP contribution in [0.1, 0.15) is 26.2 Å². The molecule has 0 fully saturated rings. The van der Waals surface area contributed by atoms with Crippen molar-refractivity contribution < 1.29 is 19.5 Å². The fraction of sp³-hybridized carbons (Fsp3) is 0.625. The number of aliphatic carboxylic acids is 1. The van der Waals surface area contributed by atoms with Crippen molar-refractivity contribution in [2.75, 3.05) is 0 Å². The van der Waals surface area contributed by atoms with Gasteiger partial charge in [0.05, 0.1) is 0 Å². The summed E-state index contributed by atoms with van der Waals surface area (Å²) in [4.78, 5) is 32.7. The van der Waals surface area contributed by atoms with E-state index < -0.39 is 21.9 Å². The van der Waals surface area contributed by atoms with Crippen LogP contribution < -0.4 is 0 Å². The van der Waals surface area contributed by atoms with E-state index in [1.807, 2.05) is 0 Å². The Labute approximate surface area is 91.2 Å². The number of carbonyl (C=O) groups excluding carboxylic acids is 2. The van der Waals surface area contributed by atoms with Gasteiger partial charge in [-0.15, -0.1) is 0 Å². The molecule has 0 aromatic heterocycles. The van der Waals surface area contributed by atoms with Gasteiger partial charge < -0.3 is 5.11 Å². The van der Waals surface area contributed by atoms with E-state index in [1.165, 1.54) is 0 Å². The van der Waals surface area contributed by atoms with Crippen molar-refractivity contribution in [1.82, 2.24) is 0 Å². The molecule has 0 aromatic rings. The summed E-state index contributed by atoms with van der Waals surface area (Å²) in [6, 6.07) is 0. The maximum atomic E-state index is 10.9. The largest absolute Gasteiger partial charge is 0.480 e. The highest BCUT2D eigenvalue weighted by Crippen LogP contribution is 2.31. The van der Waals surface area contributed by atoms with Gasteiger partial charge in [0.1, 0.15) is 0 Å². The maximum Gasteiger partial charge on any atom is 0.327 e. The topological polar surface area (TPSA) is 71.4 Å². The monoisotopic (exact) mass is 240 g/mol. The molecule has 0 spiro atoms.